The van der Waals surface area contributed by atoms with Crippen molar-refractivity contribution in [3.8, 4) is 0 Å². The number of ketones is 1. The van der Waals surface area contributed by atoms with Crippen LogP contribution >= 0.6 is 0 Å². The molecule has 0 bridgehead atoms. The minimum Gasteiger partial charge on any atom is -0.481 e. The third-order valence-corrected chi connectivity index (χ3v) is 2.67. The second-order valence-corrected chi connectivity index (χ2v) is 4.25. The SMILES string of the molecule is [2H]C(=O)/C=C(/C)C(=O)c1ccc(C(=O)NCCC(=O)O)cc1. The van der Waals surface area contributed by atoms with E-state index < -0.39 is 23.9 Å². The first kappa shape index (κ1) is 14.6. The normalized spacial score (nSPS) is 11.5. The standard InChI is InChI=1S/C15H15NO5/c1-10(7-9-17)14(20)11-2-4-12(5-3-11)15(21)16-8-6-13(18)19/h2-5,7,9H,6,8H2,1H3,(H,16,21)(H,18,19)/b10-7-/i9D. The van der Waals surface area contributed by atoms with Gasteiger partial charge in [0, 0.05) is 23.2 Å². The summed E-state index contributed by atoms with van der Waals surface area (Å²) >= 11 is 0. The first-order chi connectivity index (χ1) is 10.3. The van der Waals surface area contributed by atoms with Crippen LogP contribution in [-0.4, -0.2) is 35.6 Å². The van der Waals surface area contributed by atoms with Crippen LogP contribution in [0.15, 0.2) is 35.9 Å². The summed E-state index contributed by atoms with van der Waals surface area (Å²) in [5, 5.41) is 10.9. The lowest BCUT2D eigenvalue weighted by atomic mass is 10.0. The molecule has 110 valence electrons. The van der Waals surface area contributed by atoms with Crippen molar-refractivity contribution in [2.24, 2.45) is 0 Å². The summed E-state index contributed by atoms with van der Waals surface area (Å²) in [6.45, 7) is 1.45. The lowest BCUT2D eigenvalue weighted by molar-refractivity contribution is -0.136. The van der Waals surface area contributed by atoms with Gasteiger partial charge >= 0.3 is 5.97 Å². The number of Topliss-reactive ketones (excluding diaryl/α,β-unsaturated/α-hetero) is 1. The molecule has 21 heavy (non-hydrogen) atoms. The number of rotatable bonds is 7. The molecule has 1 amide bonds. The van der Waals surface area contributed by atoms with E-state index in [0.717, 1.165) is 6.08 Å². The summed E-state index contributed by atoms with van der Waals surface area (Å²) in [7, 11) is 0. The van der Waals surface area contributed by atoms with Crippen LogP contribution in [0.1, 0.15) is 35.4 Å². The molecule has 1 aromatic carbocycles. The molecular weight excluding hydrogens is 274 g/mol. The molecule has 2 N–H and O–H groups in total. The Morgan fingerprint density at radius 3 is 2.33 bits per heavy atom. The summed E-state index contributed by atoms with van der Waals surface area (Å²) in [6.07, 6.45) is -0.206. The highest BCUT2D eigenvalue weighted by Gasteiger charge is 2.10. The number of benzene rings is 1. The Bertz CT molecular complexity index is 634. The molecule has 6 nitrogen and oxygen atoms in total. The largest absolute Gasteiger partial charge is 0.481 e. The minimum atomic E-state index is -1.01. The van der Waals surface area contributed by atoms with E-state index in [9.17, 15) is 19.2 Å². The van der Waals surface area contributed by atoms with Crippen LogP contribution in [0.5, 0.6) is 0 Å². The van der Waals surface area contributed by atoms with Crippen molar-refractivity contribution in [1.29, 1.82) is 0 Å². The number of aldehydes is 1. The van der Waals surface area contributed by atoms with Crippen LogP contribution in [0.3, 0.4) is 0 Å². The zero-order chi connectivity index (χ0) is 16.7. The van der Waals surface area contributed by atoms with Crippen molar-refractivity contribution in [1.82, 2.24) is 5.32 Å². The molecule has 0 aliphatic carbocycles. The fourth-order valence-electron chi connectivity index (χ4n) is 1.54. The minimum absolute atomic E-state index is 0.0162. The van der Waals surface area contributed by atoms with E-state index in [4.69, 9.17) is 6.48 Å². The third-order valence-electron chi connectivity index (χ3n) is 2.67. The molecule has 1 aromatic rings. The molecule has 0 saturated heterocycles. The predicted molar refractivity (Wildman–Crippen MR) is 75.2 cm³/mol. The molecule has 0 fully saturated rings. The number of hydrogen-bond donors (Lipinski definition) is 2. The number of nitrogens with one attached hydrogen (secondary N) is 1. The van der Waals surface area contributed by atoms with E-state index in [1.807, 2.05) is 0 Å². The highest BCUT2D eigenvalue weighted by atomic mass is 16.4. The maximum Gasteiger partial charge on any atom is 0.305 e. The van der Waals surface area contributed by atoms with Gasteiger partial charge in [0.05, 0.1) is 6.42 Å². The Hall–Kier alpha value is -2.76. The molecule has 6 heteroatoms. The summed E-state index contributed by atoms with van der Waals surface area (Å²) in [5.41, 5.74) is 0.718. The number of carbonyl (C=O) groups is 4. The number of carboxylic acids is 1. The molecule has 0 heterocycles. The second kappa shape index (κ2) is 7.74. The van der Waals surface area contributed by atoms with E-state index in [0.29, 0.717) is 5.56 Å². The van der Waals surface area contributed by atoms with Crippen molar-refractivity contribution < 1.29 is 25.7 Å². The summed E-state index contributed by atoms with van der Waals surface area (Å²) in [4.78, 5) is 44.6. The Kier molecular flexibility index (Phi) is 5.40. The fraction of sp³-hybridized carbons (Fsp3) is 0.200. The second-order valence-electron chi connectivity index (χ2n) is 4.25. The Labute approximate surface area is 122 Å². The Morgan fingerprint density at radius 2 is 1.81 bits per heavy atom. The topological polar surface area (TPSA) is 101 Å². The van der Waals surface area contributed by atoms with Gasteiger partial charge in [0.1, 0.15) is 7.63 Å². The van der Waals surface area contributed by atoms with Crippen molar-refractivity contribution in [2.75, 3.05) is 6.54 Å². The maximum absolute atomic E-state index is 11.9. The summed E-state index contributed by atoms with van der Waals surface area (Å²) in [6, 6.07) is 5.72. The molecule has 0 aliphatic heterocycles. The van der Waals surface area contributed by atoms with Gasteiger partial charge in [-0.15, -0.1) is 0 Å². The van der Waals surface area contributed by atoms with Gasteiger partial charge < -0.3 is 10.4 Å². The predicted octanol–water partition coefficient (Wildman–Crippen LogP) is 1.22. The van der Waals surface area contributed by atoms with Gasteiger partial charge in [-0.25, -0.2) is 0 Å². The van der Waals surface area contributed by atoms with Crippen LogP contribution in [-0.2, 0) is 9.59 Å². The van der Waals surface area contributed by atoms with Gasteiger partial charge in [0.2, 0.25) is 0 Å². The van der Waals surface area contributed by atoms with Crippen molar-refractivity contribution >= 4 is 23.9 Å². The zero-order valence-corrected chi connectivity index (χ0v) is 11.4. The molecule has 0 radical (unpaired) electrons. The summed E-state index contributed by atoms with van der Waals surface area (Å²) < 4.78 is 6.79. The molecule has 0 saturated carbocycles. The first-order valence-electron chi connectivity index (χ1n) is 6.65. The zero-order valence-electron chi connectivity index (χ0n) is 12.4. The average Bonchev–Trinajstić information content (AvgIpc) is 2.45. The van der Waals surface area contributed by atoms with Crippen molar-refractivity contribution in [2.45, 2.75) is 13.3 Å². The number of carbonyl (C=O) groups excluding carboxylic acids is 3. The number of allylic oxidation sites excluding steroid dienone is 2. The highest BCUT2D eigenvalue weighted by molar-refractivity contribution is 6.10. The van der Waals surface area contributed by atoms with Crippen molar-refractivity contribution in [3.05, 3.63) is 47.0 Å². The molecule has 0 aliphatic rings. The van der Waals surface area contributed by atoms with E-state index in [1.54, 1.807) is 0 Å². The van der Waals surface area contributed by atoms with E-state index in [-0.39, 0.29) is 24.1 Å². The maximum atomic E-state index is 11.9. The fourth-order valence-corrected chi connectivity index (χ4v) is 1.54. The Balaban J connectivity index is 2.74. The number of amides is 1. The van der Waals surface area contributed by atoms with E-state index in [1.165, 1.54) is 31.2 Å². The van der Waals surface area contributed by atoms with Crippen LogP contribution in [0.2, 0.25) is 0 Å². The lowest BCUT2D eigenvalue weighted by Crippen LogP contribution is -2.25. The lowest BCUT2D eigenvalue weighted by Gasteiger charge is -2.05. The average molecular weight is 290 g/mol. The van der Waals surface area contributed by atoms with Crippen LogP contribution in [0.4, 0.5) is 0 Å². The molecule has 0 atom stereocenters. The number of carboxylic acid groups (broad SMARTS) is 1. The highest BCUT2D eigenvalue weighted by Crippen LogP contribution is 2.10. The number of hydrogen-bond acceptors (Lipinski definition) is 4. The van der Waals surface area contributed by atoms with Crippen LogP contribution in [0.25, 0.3) is 0 Å². The molecular formula is C15H15NO5. The first-order valence-corrected chi connectivity index (χ1v) is 6.15. The van der Waals surface area contributed by atoms with Gasteiger partial charge in [0.15, 0.2) is 5.78 Å². The van der Waals surface area contributed by atoms with E-state index in [2.05, 4.69) is 5.32 Å². The van der Waals surface area contributed by atoms with Gasteiger partial charge in [-0.1, -0.05) is 12.1 Å². The number of aliphatic carboxylic acids is 1. The van der Waals surface area contributed by atoms with Crippen LogP contribution < -0.4 is 5.32 Å². The van der Waals surface area contributed by atoms with Gasteiger partial charge in [-0.3, -0.25) is 19.2 Å². The molecule has 0 unspecified atom stereocenters. The van der Waals surface area contributed by atoms with E-state index >= 15 is 0 Å². The monoisotopic (exact) mass is 290 g/mol. The van der Waals surface area contributed by atoms with Gasteiger partial charge in [-0.05, 0) is 25.1 Å². The third kappa shape index (κ3) is 5.02. The molecule has 1 rings (SSSR count). The van der Waals surface area contributed by atoms with Gasteiger partial charge in [0.25, 0.3) is 5.91 Å². The van der Waals surface area contributed by atoms with Gasteiger partial charge in [-0.2, -0.15) is 0 Å². The molecule has 0 aromatic heterocycles. The summed E-state index contributed by atoms with van der Waals surface area (Å²) in [5.74, 6) is -1.85. The Morgan fingerprint density at radius 1 is 1.24 bits per heavy atom. The van der Waals surface area contributed by atoms with Crippen molar-refractivity contribution in [3.63, 3.8) is 0 Å². The quantitative estimate of drug-likeness (QED) is 0.447. The van der Waals surface area contributed by atoms with Crippen LogP contribution in [0, 0.1) is 0 Å². The molecule has 0 spiro atoms. The smallest absolute Gasteiger partial charge is 0.305 e.